The molecule has 2 atom stereocenters. The highest BCUT2D eigenvalue weighted by Crippen LogP contribution is 2.45. The highest BCUT2D eigenvalue weighted by atomic mass is 35.5. The second kappa shape index (κ2) is 5.55. The third-order valence-electron chi connectivity index (χ3n) is 4.85. The second-order valence-electron chi connectivity index (χ2n) is 6.10. The molecule has 20 heavy (non-hydrogen) atoms. The van der Waals surface area contributed by atoms with Gasteiger partial charge in [-0.15, -0.1) is 0 Å². The standard InChI is InChI=1S/C16H23ClN2O/c1-19-9-10(8-18)6-14(19)13-7-11-4-3-5-12(11)15(17)16(13)20-2/h7,10,14H,3-6,8-9,18H2,1-2H3. The number of hydrogen-bond donors (Lipinski definition) is 1. The third kappa shape index (κ3) is 2.22. The SMILES string of the molecule is COc1c(C2CC(CN)CN2C)cc2c(c1Cl)CCC2. The Morgan fingerprint density at radius 1 is 1.45 bits per heavy atom. The molecular weight excluding hydrogens is 272 g/mol. The Labute approximate surface area is 126 Å². The number of methoxy groups -OCH3 is 1. The first-order valence-electron chi connectivity index (χ1n) is 7.44. The molecule has 0 saturated carbocycles. The van der Waals surface area contributed by atoms with Crippen LogP contribution in [-0.2, 0) is 12.8 Å². The van der Waals surface area contributed by atoms with Gasteiger partial charge in [0.05, 0.1) is 12.1 Å². The van der Waals surface area contributed by atoms with Crippen molar-refractivity contribution in [2.75, 3.05) is 27.2 Å². The van der Waals surface area contributed by atoms with Crippen molar-refractivity contribution in [3.8, 4) is 5.75 Å². The number of likely N-dealkylation sites (tertiary alicyclic amines) is 1. The zero-order valence-electron chi connectivity index (χ0n) is 12.3. The normalized spacial score (nSPS) is 26.0. The fourth-order valence-electron chi connectivity index (χ4n) is 3.79. The van der Waals surface area contributed by atoms with Crippen LogP contribution in [0.5, 0.6) is 5.75 Å². The topological polar surface area (TPSA) is 38.5 Å². The summed E-state index contributed by atoms with van der Waals surface area (Å²) in [5, 5.41) is 0.835. The van der Waals surface area contributed by atoms with Crippen LogP contribution in [0.4, 0.5) is 0 Å². The quantitative estimate of drug-likeness (QED) is 0.932. The Hall–Kier alpha value is -0.770. The van der Waals surface area contributed by atoms with E-state index in [1.54, 1.807) is 7.11 Å². The third-order valence-corrected chi connectivity index (χ3v) is 5.25. The maximum atomic E-state index is 6.59. The average Bonchev–Trinajstić information content (AvgIpc) is 3.04. The monoisotopic (exact) mass is 294 g/mol. The molecule has 0 aromatic heterocycles. The summed E-state index contributed by atoms with van der Waals surface area (Å²) >= 11 is 6.59. The van der Waals surface area contributed by atoms with Crippen LogP contribution in [0, 0.1) is 5.92 Å². The van der Waals surface area contributed by atoms with Crippen LogP contribution in [0.1, 0.15) is 35.6 Å². The van der Waals surface area contributed by atoms with Crippen molar-refractivity contribution in [2.24, 2.45) is 11.7 Å². The van der Waals surface area contributed by atoms with Crippen molar-refractivity contribution in [3.63, 3.8) is 0 Å². The molecule has 1 aliphatic heterocycles. The first kappa shape index (κ1) is 14.2. The van der Waals surface area contributed by atoms with Gasteiger partial charge in [0, 0.05) is 18.2 Å². The Morgan fingerprint density at radius 3 is 2.90 bits per heavy atom. The van der Waals surface area contributed by atoms with Gasteiger partial charge in [-0.2, -0.15) is 0 Å². The number of hydrogen-bond acceptors (Lipinski definition) is 3. The molecule has 110 valence electrons. The smallest absolute Gasteiger partial charge is 0.142 e. The van der Waals surface area contributed by atoms with Crippen LogP contribution in [0.2, 0.25) is 5.02 Å². The molecule has 0 radical (unpaired) electrons. The lowest BCUT2D eigenvalue weighted by atomic mass is 9.95. The first-order valence-corrected chi connectivity index (χ1v) is 7.82. The van der Waals surface area contributed by atoms with Crippen molar-refractivity contribution in [3.05, 3.63) is 27.8 Å². The fraction of sp³-hybridized carbons (Fsp3) is 0.625. The van der Waals surface area contributed by atoms with Crippen LogP contribution in [0.25, 0.3) is 0 Å². The van der Waals surface area contributed by atoms with E-state index in [1.807, 2.05) is 0 Å². The van der Waals surface area contributed by atoms with Crippen LogP contribution in [-0.4, -0.2) is 32.1 Å². The molecule has 1 fully saturated rings. The van der Waals surface area contributed by atoms with E-state index >= 15 is 0 Å². The van der Waals surface area contributed by atoms with E-state index in [-0.39, 0.29) is 0 Å². The van der Waals surface area contributed by atoms with E-state index in [0.717, 1.165) is 43.1 Å². The van der Waals surface area contributed by atoms with Crippen molar-refractivity contribution >= 4 is 11.6 Å². The van der Waals surface area contributed by atoms with Gasteiger partial charge >= 0.3 is 0 Å². The molecule has 1 aliphatic carbocycles. The molecule has 0 bridgehead atoms. The van der Waals surface area contributed by atoms with Gasteiger partial charge < -0.3 is 10.5 Å². The summed E-state index contributed by atoms with van der Waals surface area (Å²) in [6.45, 7) is 1.81. The molecule has 1 aromatic rings. The second-order valence-corrected chi connectivity index (χ2v) is 6.48. The molecular formula is C16H23ClN2O. The summed E-state index contributed by atoms with van der Waals surface area (Å²) in [7, 11) is 3.89. The summed E-state index contributed by atoms with van der Waals surface area (Å²) in [6.07, 6.45) is 4.52. The fourth-order valence-corrected chi connectivity index (χ4v) is 4.19. The van der Waals surface area contributed by atoms with Crippen LogP contribution in [0.3, 0.4) is 0 Å². The molecule has 1 saturated heterocycles. The van der Waals surface area contributed by atoms with Crippen molar-refractivity contribution in [1.82, 2.24) is 4.90 Å². The van der Waals surface area contributed by atoms with Gasteiger partial charge in [0.15, 0.2) is 0 Å². The van der Waals surface area contributed by atoms with Crippen LogP contribution < -0.4 is 10.5 Å². The van der Waals surface area contributed by atoms with Gasteiger partial charge in [0.1, 0.15) is 5.75 Å². The van der Waals surface area contributed by atoms with Gasteiger partial charge in [0.25, 0.3) is 0 Å². The van der Waals surface area contributed by atoms with E-state index in [9.17, 15) is 0 Å². The van der Waals surface area contributed by atoms with E-state index in [4.69, 9.17) is 22.1 Å². The van der Waals surface area contributed by atoms with E-state index in [2.05, 4.69) is 18.0 Å². The predicted octanol–water partition coefficient (Wildman–Crippen LogP) is 2.79. The maximum absolute atomic E-state index is 6.59. The lowest BCUT2D eigenvalue weighted by Gasteiger charge is -2.24. The number of aryl methyl sites for hydroxylation is 1. The first-order chi connectivity index (χ1) is 9.65. The van der Waals surface area contributed by atoms with Crippen molar-refractivity contribution in [1.29, 1.82) is 0 Å². The van der Waals surface area contributed by atoms with Gasteiger partial charge in [-0.25, -0.2) is 0 Å². The highest BCUT2D eigenvalue weighted by molar-refractivity contribution is 6.33. The Kier molecular flexibility index (Phi) is 3.93. The molecule has 2 N–H and O–H groups in total. The van der Waals surface area contributed by atoms with Gasteiger partial charge in [-0.05, 0) is 56.3 Å². The predicted molar refractivity (Wildman–Crippen MR) is 82.6 cm³/mol. The average molecular weight is 295 g/mol. The van der Waals surface area contributed by atoms with E-state index < -0.39 is 0 Å². The lowest BCUT2D eigenvalue weighted by Crippen LogP contribution is -2.21. The number of ether oxygens (including phenoxy) is 1. The molecule has 4 heteroatoms. The Balaban J connectivity index is 2.03. The summed E-state index contributed by atoms with van der Waals surface area (Å²) in [6, 6.07) is 2.70. The summed E-state index contributed by atoms with van der Waals surface area (Å²) < 4.78 is 5.64. The number of nitrogens with zero attached hydrogens (tertiary/aromatic N) is 1. The van der Waals surface area contributed by atoms with Crippen molar-refractivity contribution in [2.45, 2.75) is 31.7 Å². The van der Waals surface area contributed by atoms with Gasteiger partial charge in [-0.3, -0.25) is 4.90 Å². The summed E-state index contributed by atoms with van der Waals surface area (Å²) in [5.41, 5.74) is 9.80. The lowest BCUT2D eigenvalue weighted by molar-refractivity contribution is 0.303. The molecule has 0 spiro atoms. The van der Waals surface area contributed by atoms with Crippen LogP contribution in [0.15, 0.2) is 6.07 Å². The number of fused-ring (bicyclic) bond motifs is 1. The van der Waals surface area contributed by atoms with Gasteiger partial charge in [-0.1, -0.05) is 17.7 Å². The minimum Gasteiger partial charge on any atom is -0.495 e. The molecule has 2 aliphatic rings. The van der Waals surface area contributed by atoms with Gasteiger partial charge in [0.2, 0.25) is 0 Å². The minimum atomic E-state index is 0.377. The largest absolute Gasteiger partial charge is 0.495 e. The highest BCUT2D eigenvalue weighted by Gasteiger charge is 2.33. The van der Waals surface area contributed by atoms with Crippen molar-refractivity contribution < 1.29 is 4.74 Å². The van der Waals surface area contributed by atoms with Crippen LogP contribution >= 0.6 is 11.6 Å². The number of rotatable bonds is 3. The zero-order chi connectivity index (χ0) is 14.3. The Bertz CT molecular complexity index is 518. The molecule has 1 heterocycles. The molecule has 2 unspecified atom stereocenters. The van der Waals surface area contributed by atoms with E-state index in [0.29, 0.717) is 12.0 Å². The number of nitrogens with two attached hydrogens (primary N) is 1. The van der Waals surface area contributed by atoms with E-state index in [1.165, 1.54) is 23.1 Å². The Morgan fingerprint density at radius 2 is 2.25 bits per heavy atom. The zero-order valence-corrected chi connectivity index (χ0v) is 13.0. The number of halogens is 1. The summed E-state index contributed by atoms with van der Waals surface area (Å²) in [4.78, 5) is 2.38. The molecule has 3 nitrogen and oxygen atoms in total. The maximum Gasteiger partial charge on any atom is 0.142 e. The molecule has 3 rings (SSSR count). The minimum absolute atomic E-state index is 0.377. The number of benzene rings is 1. The summed E-state index contributed by atoms with van der Waals surface area (Å²) in [5.74, 6) is 1.45. The molecule has 1 aromatic carbocycles. The molecule has 0 amide bonds.